The Bertz CT molecular complexity index is 471. The number of hydrogen-bond acceptors (Lipinski definition) is 4. The highest BCUT2D eigenvalue weighted by molar-refractivity contribution is 5.91. The third kappa shape index (κ3) is 3.74. The van der Waals surface area contributed by atoms with E-state index in [1.165, 1.54) is 31.3 Å². The van der Waals surface area contributed by atoms with Crippen LogP contribution in [0, 0.1) is 10.1 Å². The van der Waals surface area contributed by atoms with Crippen LogP contribution in [0.15, 0.2) is 24.3 Å². The first kappa shape index (κ1) is 13.4. The number of amides is 2. The SMILES string of the molecule is CN(CC(=O)O)C(=O)Nc1ccc([N+](=O)[O-])cc1. The van der Waals surface area contributed by atoms with E-state index in [9.17, 15) is 19.7 Å². The van der Waals surface area contributed by atoms with Crippen molar-refractivity contribution in [1.29, 1.82) is 0 Å². The molecule has 1 rings (SSSR count). The number of nitro groups is 1. The highest BCUT2D eigenvalue weighted by Crippen LogP contribution is 2.15. The van der Waals surface area contributed by atoms with Gasteiger partial charge in [0.1, 0.15) is 6.54 Å². The molecule has 0 heterocycles. The first-order valence-electron chi connectivity index (χ1n) is 4.88. The molecule has 96 valence electrons. The van der Waals surface area contributed by atoms with Crippen molar-refractivity contribution in [2.75, 3.05) is 18.9 Å². The van der Waals surface area contributed by atoms with E-state index in [0.29, 0.717) is 5.69 Å². The Hall–Kier alpha value is -2.64. The average Bonchev–Trinajstić information content (AvgIpc) is 2.28. The lowest BCUT2D eigenvalue weighted by atomic mass is 10.3. The van der Waals surface area contributed by atoms with Gasteiger partial charge in [-0.15, -0.1) is 0 Å². The van der Waals surface area contributed by atoms with E-state index in [1.54, 1.807) is 0 Å². The molecule has 0 atom stereocenters. The molecular formula is C10H11N3O5. The molecule has 18 heavy (non-hydrogen) atoms. The number of benzene rings is 1. The molecule has 1 aromatic rings. The number of aliphatic carboxylic acids is 1. The third-order valence-electron chi connectivity index (χ3n) is 2.05. The Morgan fingerprint density at radius 2 is 1.94 bits per heavy atom. The van der Waals surface area contributed by atoms with Crippen LogP contribution in [0.1, 0.15) is 0 Å². The van der Waals surface area contributed by atoms with Crippen molar-refractivity contribution in [3.8, 4) is 0 Å². The maximum absolute atomic E-state index is 11.5. The number of non-ortho nitro benzene ring substituents is 1. The molecule has 0 bridgehead atoms. The standard InChI is InChI=1S/C10H11N3O5/c1-12(6-9(14)15)10(16)11-7-2-4-8(5-3-7)13(17)18/h2-5H,6H2,1H3,(H,11,16)(H,14,15). The minimum Gasteiger partial charge on any atom is -0.480 e. The predicted octanol–water partition coefficient (Wildman–Crippen LogP) is 1.14. The molecule has 2 amide bonds. The molecule has 1 aromatic carbocycles. The van der Waals surface area contributed by atoms with Gasteiger partial charge in [0.2, 0.25) is 0 Å². The number of anilines is 1. The van der Waals surface area contributed by atoms with E-state index >= 15 is 0 Å². The molecular weight excluding hydrogens is 242 g/mol. The van der Waals surface area contributed by atoms with Crippen LogP contribution in [0.4, 0.5) is 16.2 Å². The third-order valence-corrected chi connectivity index (χ3v) is 2.05. The topological polar surface area (TPSA) is 113 Å². The van der Waals surface area contributed by atoms with Gasteiger partial charge in [0, 0.05) is 24.9 Å². The lowest BCUT2D eigenvalue weighted by Crippen LogP contribution is -2.35. The minimum absolute atomic E-state index is 0.0908. The fourth-order valence-corrected chi connectivity index (χ4v) is 1.16. The van der Waals surface area contributed by atoms with Gasteiger partial charge in [-0.1, -0.05) is 0 Å². The van der Waals surface area contributed by atoms with Gasteiger partial charge in [-0.25, -0.2) is 4.79 Å². The fraction of sp³-hybridized carbons (Fsp3) is 0.200. The van der Waals surface area contributed by atoms with Crippen LogP contribution in [0.25, 0.3) is 0 Å². The molecule has 0 saturated heterocycles. The predicted molar refractivity (Wildman–Crippen MR) is 62.4 cm³/mol. The summed E-state index contributed by atoms with van der Waals surface area (Å²) in [5.41, 5.74) is 0.259. The molecule has 2 N–H and O–H groups in total. The zero-order valence-corrected chi connectivity index (χ0v) is 9.49. The minimum atomic E-state index is -1.13. The number of nitrogens with zero attached hydrogens (tertiary/aromatic N) is 2. The maximum Gasteiger partial charge on any atom is 0.323 e. The van der Waals surface area contributed by atoms with Gasteiger partial charge in [0.05, 0.1) is 4.92 Å². The van der Waals surface area contributed by atoms with Gasteiger partial charge in [-0.3, -0.25) is 14.9 Å². The summed E-state index contributed by atoms with van der Waals surface area (Å²) in [5.74, 6) is -1.13. The molecule has 0 radical (unpaired) electrons. The molecule has 0 fully saturated rings. The van der Waals surface area contributed by atoms with E-state index in [2.05, 4.69) is 5.32 Å². The summed E-state index contributed by atoms with van der Waals surface area (Å²) < 4.78 is 0. The quantitative estimate of drug-likeness (QED) is 0.617. The van der Waals surface area contributed by atoms with E-state index < -0.39 is 23.5 Å². The molecule has 0 aliphatic heterocycles. The van der Waals surface area contributed by atoms with E-state index in [0.717, 1.165) is 4.90 Å². The molecule has 0 spiro atoms. The average molecular weight is 253 g/mol. The zero-order chi connectivity index (χ0) is 13.7. The van der Waals surface area contributed by atoms with Crippen molar-refractivity contribution in [2.45, 2.75) is 0 Å². The van der Waals surface area contributed by atoms with Crippen LogP contribution in [-0.4, -0.2) is 40.5 Å². The van der Waals surface area contributed by atoms with Crippen LogP contribution >= 0.6 is 0 Å². The van der Waals surface area contributed by atoms with Crippen LogP contribution < -0.4 is 5.32 Å². The number of rotatable bonds is 4. The second kappa shape index (κ2) is 5.62. The summed E-state index contributed by atoms with van der Waals surface area (Å²) >= 11 is 0. The van der Waals surface area contributed by atoms with Gasteiger partial charge in [-0.05, 0) is 12.1 Å². The maximum atomic E-state index is 11.5. The number of carbonyl (C=O) groups is 2. The van der Waals surface area contributed by atoms with Crippen LogP contribution in [0.2, 0.25) is 0 Å². The smallest absolute Gasteiger partial charge is 0.323 e. The Kier molecular flexibility index (Phi) is 4.19. The molecule has 0 unspecified atom stereocenters. The summed E-state index contributed by atoms with van der Waals surface area (Å²) in [5, 5.41) is 21.3. The van der Waals surface area contributed by atoms with Crippen LogP contribution in [-0.2, 0) is 4.79 Å². The number of likely N-dealkylation sites (N-methyl/N-ethyl adjacent to an activating group) is 1. The highest BCUT2D eigenvalue weighted by atomic mass is 16.6. The Balaban J connectivity index is 2.64. The second-order valence-corrected chi connectivity index (χ2v) is 3.48. The van der Waals surface area contributed by atoms with Gasteiger partial charge < -0.3 is 15.3 Å². The first-order valence-corrected chi connectivity index (χ1v) is 4.88. The normalized spacial score (nSPS) is 9.61. The van der Waals surface area contributed by atoms with Crippen molar-refractivity contribution in [2.24, 2.45) is 0 Å². The molecule has 8 heteroatoms. The van der Waals surface area contributed by atoms with Crippen LogP contribution in [0.5, 0.6) is 0 Å². The lowest BCUT2D eigenvalue weighted by Gasteiger charge is -2.15. The fourth-order valence-electron chi connectivity index (χ4n) is 1.16. The second-order valence-electron chi connectivity index (χ2n) is 3.48. The number of carbonyl (C=O) groups excluding carboxylic acids is 1. The van der Waals surface area contributed by atoms with Crippen molar-refractivity contribution in [3.63, 3.8) is 0 Å². The number of nitrogens with one attached hydrogen (secondary N) is 1. The highest BCUT2D eigenvalue weighted by Gasteiger charge is 2.12. The molecule has 0 saturated carbocycles. The number of carboxylic acids is 1. The molecule has 8 nitrogen and oxygen atoms in total. The van der Waals surface area contributed by atoms with Crippen LogP contribution in [0.3, 0.4) is 0 Å². The zero-order valence-electron chi connectivity index (χ0n) is 9.49. The van der Waals surface area contributed by atoms with E-state index in [-0.39, 0.29) is 5.69 Å². The van der Waals surface area contributed by atoms with Crippen molar-refractivity contribution >= 4 is 23.4 Å². The molecule has 0 aromatic heterocycles. The Morgan fingerprint density at radius 1 is 1.39 bits per heavy atom. The molecule has 0 aliphatic carbocycles. The summed E-state index contributed by atoms with van der Waals surface area (Å²) in [6.07, 6.45) is 0. The summed E-state index contributed by atoms with van der Waals surface area (Å²) in [6.45, 7) is -0.432. The Morgan fingerprint density at radius 3 is 2.39 bits per heavy atom. The van der Waals surface area contributed by atoms with E-state index in [1.807, 2.05) is 0 Å². The number of nitro benzene ring substituents is 1. The van der Waals surface area contributed by atoms with Gasteiger partial charge >= 0.3 is 12.0 Å². The number of hydrogen-bond donors (Lipinski definition) is 2. The Labute approximate surface area is 102 Å². The lowest BCUT2D eigenvalue weighted by molar-refractivity contribution is -0.384. The number of carboxylic acid groups (broad SMARTS) is 1. The van der Waals surface area contributed by atoms with E-state index in [4.69, 9.17) is 5.11 Å². The first-order chi connectivity index (χ1) is 8.40. The van der Waals surface area contributed by atoms with Gasteiger partial charge in [0.25, 0.3) is 5.69 Å². The monoisotopic (exact) mass is 253 g/mol. The summed E-state index contributed by atoms with van der Waals surface area (Å²) in [7, 11) is 1.33. The van der Waals surface area contributed by atoms with Crippen molar-refractivity contribution in [3.05, 3.63) is 34.4 Å². The number of urea groups is 1. The largest absolute Gasteiger partial charge is 0.480 e. The summed E-state index contributed by atoms with van der Waals surface area (Å²) in [6, 6.07) is 4.61. The van der Waals surface area contributed by atoms with Crippen molar-refractivity contribution in [1.82, 2.24) is 4.90 Å². The van der Waals surface area contributed by atoms with Crippen molar-refractivity contribution < 1.29 is 19.6 Å². The van der Waals surface area contributed by atoms with Gasteiger partial charge in [0.15, 0.2) is 0 Å². The van der Waals surface area contributed by atoms with Gasteiger partial charge in [-0.2, -0.15) is 0 Å². The summed E-state index contributed by atoms with van der Waals surface area (Å²) in [4.78, 5) is 32.7. The molecule has 0 aliphatic rings.